The Morgan fingerprint density at radius 2 is 1.73 bits per heavy atom. The third-order valence-corrected chi connectivity index (χ3v) is 6.89. The number of anilines is 2. The summed E-state index contributed by atoms with van der Waals surface area (Å²) in [6.45, 7) is 3.87. The molecule has 1 saturated carbocycles. The lowest BCUT2D eigenvalue weighted by Crippen LogP contribution is -2.51. The molecular weight excluding hydrogens is 424 g/mol. The van der Waals surface area contributed by atoms with E-state index in [-0.39, 0.29) is 28.7 Å². The molecule has 0 N–H and O–H groups in total. The predicted octanol–water partition coefficient (Wildman–Crippen LogP) is 3.91. The van der Waals surface area contributed by atoms with Crippen LogP contribution in [0.2, 0.25) is 5.02 Å². The third-order valence-electron chi connectivity index (χ3n) is 5.58. The Labute approximate surface area is 181 Å². The summed E-state index contributed by atoms with van der Waals surface area (Å²) in [6, 6.07) is 10.0. The second-order valence-electron chi connectivity index (χ2n) is 8.11. The minimum Gasteiger partial charge on any atom is -0.308 e. The molecule has 0 aromatic heterocycles. The number of carbonyl (C=O) groups is 2. The Morgan fingerprint density at radius 3 is 2.33 bits per heavy atom. The van der Waals surface area contributed by atoms with Crippen LogP contribution in [0.25, 0.3) is 11.1 Å². The molecule has 0 saturated heterocycles. The van der Waals surface area contributed by atoms with E-state index in [2.05, 4.69) is 0 Å². The maximum atomic E-state index is 13.0. The average molecular weight is 447 g/mol. The van der Waals surface area contributed by atoms with Gasteiger partial charge in [0.1, 0.15) is 0 Å². The van der Waals surface area contributed by atoms with Gasteiger partial charge in [-0.3, -0.25) is 9.59 Å². The Morgan fingerprint density at radius 1 is 1.03 bits per heavy atom. The van der Waals surface area contributed by atoms with E-state index in [0.717, 1.165) is 24.7 Å². The highest BCUT2D eigenvalue weighted by molar-refractivity contribution is 7.90. The minimum atomic E-state index is -3.43. The summed E-state index contributed by atoms with van der Waals surface area (Å²) < 4.78 is 24.0. The molecule has 2 aromatic carbocycles. The van der Waals surface area contributed by atoms with Crippen LogP contribution < -0.4 is 9.80 Å². The largest absolute Gasteiger partial charge is 0.308 e. The molecule has 1 aliphatic heterocycles. The van der Waals surface area contributed by atoms with E-state index >= 15 is 0 Å². The molecule has 1 fully saturated rings. The van der Waals surface area contributed by atoms with Crippen LogP contribution >= 0.6 is 11.6 Å². The van der Waals surface area contributed by atoms with Gasteiger partial charge in [0.25, 0.3) is 0 Å². The summed E-state index contributed by atoms with van der Waals surface area (Å²) in [4.78, 5) is 28.8. The summed E-state index contributed by atoms with van der Waals surface area (Å²) in [5.41, 5.74) is 2.72. The maximum Gasteiger partial charge on any atom is 0.230 e. The van der Waals surface area contributed by atoms with Gasteiger partial charge in [-0.25, -0.2) is 8.42 Å². The molecule has 8 heteroatoms. The number of carbonyl (C=O) groups excluding carboxylic acids is 2. The van der Waals surface area contributed by atoms with Gasteiger partial charge in [0.2, 0.25) is 11.8 Å². The van der Waals surface area contributed by atoms with Crippen LogP contribution in [-0.4, -0.2) is 39.1 Å². The summed E-state index contributed by atoms with van der Waals surface area (Å²) in [7, 11) is -3.43. The van der Waals surface area contributed by atoms with Crippen molar-refractivity contribution in [3.8, 4) is 11.1 Å². The van der Waals surface area contributed by atoms with E-state index in [1.165, 1.54) is 13.0 Å². The minimum absolute atomic E-state index is 0.0422. The van der Waals surface area contributed by atoms with Gasteiger partial charge < -0.3 is 9.80 Å². The monoisotopic (exact) mass is 446 g/mol. The van der Waals surface area contributed by atoms with E-state index in [1.807, 2.05) is 25.1 Å². The molecule has 2 aliphatic rings. The van der Waals surface area contributed by atoms with E-state index in [9.17, 15) is 18.0 Å². The number of benzene rings is 2. The van der Waals surface area contributed by atoms with Crippen molar-refractivity contribution in [3.05, 3.63) is 41.4 Å². The van der Waals surface area contributed by atoms with Crippen LogP contribution in [0.3, 0.4) is 0 Å². The van der Waals surface area contributed by atoms with Crippen LogP contribution in [0.15, 0.2) is 41.3 Å². The fourth-order valence-corrected chi connectivity index (χ4v) is 4.97. The topological polar surface area (TPSA) is 74.8 Å². The van der Waals surface area contributed by atoms with Crippen molar-refractivity contribution in [2.45, 2.75) is 37.6 Å². The zero-order valence-corrected chi connectivity index (χ0v) is 18.6. The quantitative estimate of drug-likeness (QED) is 0.716. The molecule has 1 aliphatic carbocycles. The lowest BCUT2D eigenvalue weighted by molar-refractivity contribution is -0.120. The van der Waals surface area contributed by atoms with E-state index in [0.29, 0.717) is 28.5 Å². The van der Waals surface area contributed by atoms with E-state index in [4.69, 9.17) is 11.6 Å². The molecule has 0 bridgehead atoms. The lowest BCUT2D eigenvalue weighted by atomic mass is 10.00. The highest BCUT2D eigenvalue weighted by Crippen LogP contribution is 2.42. The first-order chi connectivity index (χ1) is 14.1. The molecule has 2 aromatic rings. The van der Waals surface area contributed by atoms with Gasteiger partial charge in [-0.05, 0) is 61.2 Å². The zero-order chi connectivity index (χ0) is 21.8. The van der Waals surface area contributed by atoms with Crippen molar-refractivity contribution in [2.24, 2.45) is 5.92 Å². The fourth-order valence-electron chi connectivity index (χ4n) is 3.99. The van der Waals surface area contributed by atoms with E-state index in [1.54, 1.807) is 21.9 Å². The summed E-state index contributed by atoms with van der Waals surface area (Å²) in [6.07, 6.45) is 2.92. The third kappa shape index (κ3) is 3.84. The number of nitrogens with zero attached hydrogens (tertiary/aromatic N) is 2. The molecule has 2 amide bonds. The normalized spacial score (nSPS) is 18.9. The van der Waals surface area contributed by atoms with Crippen molar-refractivity contribution in [1.29, 1.82) is 0 Å². The molecule has 6 nitrogen and oxygen atoms in total. The van der Waals surface area contributed by atoms with Gasteiger partial charge in [-0.2, -0.15) is 0 Å². The number of sulfone groups is 1. The number of rotatable bonds is 3. The van der Waals surface area contributed by atoms with Gasteiger partial charge >= 0.3 is 0 Å². The second kappa shape index (κ2) is 7.39. The first-order valence-corrected chi connectivity index (χ1v) is 12.1. The van der Waals surface area contributed by atoms with Crippen molar-refractivity contribution in [3.63, 3.8) is 0 Å². The standard InChI is InChI=1S/C22H23ClN2O4S/c1-13-12-24(22(27)15-4-5-15)21-10-16(6-7-20(21)25(13)14(2)26)17-8-18(23)11-19(9-17)30(3,28)29/h6-11,13,15H,4-5,12H2,1-3H3/t13-/m0/s1. The molecule has 4 rings (SSSR count). The number of halogens is 1. The van der Waals surface area contributed by atoms with Gasteiger partial charge in [0.05, 0.1) is 22.3 Å². The zero-order valence-electron chi connectivity index (χ0n) is 17.1. The number of amides is 2. The van der Waals surface area contributed by atoms with Gasteiger partial charge in [-0.15, -0.1) is 0 Å². The Bertz CT molecular complexity index is 1160. The van der Waals surface area contributed by atoms with Crippen LogP contribution in [0.5, 0.6) is 0 Å². The highest BCUT2D eigenvalue weighted by atomic mass is 35.5. The number of hydrogen-bond donors (Lipinski definition) is 0. The maximum absolute atomic E-state index is 13.0. The number of fused-ring (bicyclic) bond motifs is 1. The highest BCUT2D eigenvalue weighted by Gasteiger charge is 2.39. The average Bonchev–Trinajstić information content (AvgIpc) is 3.50. The van der Waals surface area contributed by atoms with Crippen molar-refractivity contribution in [2.75, 3.05) is 22.6 Å². The fraction of sp³-hybridized carbons (Fsp3) is 0.364. The van der Waals surface area contributed by atoms with Crippen LogP contribution in [0.4, 0.5) is 11.4 Å². The lowest BCUT2D eigenvalue weighted by Gasteiger charge is -2.41. The summed E-state index contributed by atoms with van der Waals surface area (Å²) in [5.74, 6) is 0.0316. The first kappa shape index (κ1) is 20.9. The predicted molar refractivity (Wildman–Crippen MR) is 118 cm³/mol. The molecular formula is C22H23ClN2O4S. The summed E-state index contributed by atoms with van der Waals surface area (Å²) in [5, 5.41) is 0.315. The Balaban J connectivity index is 1.86. The van der Waals surface area contributed by atoms with Gasteiger partial charge in [-0.1, -0.05) is 17.7 Å². The summed E-state index contributed by atoms with van der Waals surface area (Å²) >= 11 is 6.18. The number of hydrogen-bond acceptors (Lipinski definition) is 4. The van der Waals surface area contributed by atoms with Crippen LogP contribution in [0, 0.1) is 5.92 Å². The Kier molecular flexibility index (Phi) is 5.14. The molecule has 0 radical (unpaired) electrons. The molecule has 0 unspecified atom stereocenters. The van der Waals surface area contributed by atoms with Crippen molar-refractivity contribution < 1.29 is 18.0 Å². The molecule has 1 heterocycles. The van der Waals surface area contributed by atoms with Crippen LogP contribution in [0.1, 0.15) is 26.7 Å². The van der Waals surface area contributed by atoms with E-state index < -0.39 is 9.84 Å². The van der Waals surface area contributed by atoms with Crippen molar-refractivity contribution >= 4 is 44.6 Å². The van der Waals surface area contributed by atoms with Crippen LogP contribution in [-0.2, 0) is 19.4 Å². The molecule has 158 valence electrons. The molecule has 30 heavy (non-hydrogen) atoms. The molecule has 0 spiro atoms. The first-order valence-electron chi connectivity index (χ1n) is 9.82. The second-order valence-corrected chi connectivity index (χ2v) is 10.6. The van der Waals surface area contributed by atoms with Crippen molar-refractivity contribution in [1.82, 2.24) is 0 Å². The smallest absolute Gasteiger partial charge is 0.230 e. The Hall–Kier alpha value is -2.38. The SMILES string of the molecule is CC(=O)N1c2ccc(-c3cc(Cl)cc(S(C)(=O)=O)c3)cc2N(C(=O)C2CC2)C[C@@H]1C. The van der Waals surface area contributed by atoms with Gasteiger partial charge in [0, 0.05) is 30.7 Å². The molecule has 1 atom stereocenters. The van der Waals surface area contributed by atoms with Gasteiger partial charge in [0.15, 0.2) is 9.84 Å².